The highest BCUT2D eigenvalue weighted by atomic mass is 35.5. The maximum atomic E-state index is 10.1. The lowest BCUT2D eigenvalue weighted by atomic mass is 10.2. The molecule has 0 saturated heterocycles. The third kappa shape index (κ3) is 4.52. The fourth-order valence-electron chi connectivity index (χ4n) is 2.86. The Morgan fingerprint density at radius 2 is 1.81 bits per heavy atom. The Labute approximate surface area is 197 Å². The molecule has 0 radical (unpaired) electrons. The lowest BCUT2D eigenvalue weighted by Crippen LogP contribution is -2.11. The first-order valence-corrected chi connectivity index (χ1v) is 10.9. The molecule has 164 valence electrons. The maximum absolute atomic E-state index is 10.1. The van der Waals surface area contributed by atoms with Crippen LogP contribution in [0, 0.1) is 0 Å². The van der Waals surface area contributed by atoms with Gasteiger partial charge in [0.25, 0.3) is 0 Å². The molecular formula is C22H17Cl2N3O4S. The van der Waals surface area contributed by atoms with E-state index in [1.165, 1.54) is 25.6 Å². The molecule has 4 aromatic rings. The van der Waals surface area contributed by atoms with Crippen LogP contribution in [0.5, 0.6) is 17.2 Å². The molecule has 2 aromatic heterocycles. The van der Waals surface area contributed by atoms with Gasteiger partial charge in [-0.25, -0.2) is 9.67 Å². The molecule has 0 bridgehead atoms. The van der Waals surface area contributed by atoms with Gasteiger partial charge in [0.2, 0.25) is 10.6 Å². The minimum Gasteiger partial charge on any atom is -0.502 e. The van der Waals surface area contributed by atoms with Gasteiger partial charge in [-0.1, -0.05) is 23.2 Å². The molecule has 0 spiro atoms. The molecule has 0 unspecified atom stereocenters. The van der Waals surface area contributed by atoms with Crippen LogP contribution in [0.4, 0.5) is 5.69 Å². The maximum Gasteiger partial charge on any atom is 0.211 e. The molecule has 0 aliphatic carbocycles. The van der Waals surface area contributed by atoms with Gasteiger partial charge in [-0.2, -0.15) is 5.10 Å². The van der Waals surface area contributed by atoms with E-state index in [0.29, 0.717) is 37.6 Å². The Balaban J connectivity index is 1.83. The third-order valence-corrected chi connectivity index (χ3v) is 5.97. The summed E-state index contributed by atoms with van der Waals surface area (Å²) in [5, 5.41) is 17.5. The number of furan rings is 1. The summed E-state index contributed by atoms with van der Waals surface area (Å²) in [5.74, 6) is 1.10. The first-order valence-electron chi connectivity index (χ1n) is 9.23. The van der Waals surface area contributed by atoms with Crippen LogP contribution in [0.25, 0.3) is 11.5 Å². The fourth-order valence-corrected chi connectivity index (χ4v) is 3.99. The van der Waals surface area contributed by atoms with Crippen molar-refractivity contribution in [3.63, 3.8) is 0 Å². The second-order valence-electron chi connectivity index (χ2n) is 6.42. The van der Waals surface area contributed by atoms with Crippen molar-refractivity contribution in [1.29, 1.82) is 0 Å². The van der Waals surface area contributed by atoms with Crippen molar-refractivity contribution in [1.82, 2.24) is 4.68 Å². The van der Waals surface area contributed by atoms with Crippen LogP contribution < -0.4 is 14.3 Å². The first-order chi connectivity index (χ1) is 15.5. The van der Waals surface area contributed by atoms with Crippen molar-refractivity contribution in [3.05, 3.63) is 74.5 Å². The van der Waals surface area contributed by atoms with Gasteiger partial charge in [0, 0.05) is 10.9 Å². The van der Waals surface area contributed by atoms with Crippen LogP contribution in [0.2, 0.25) is 10.0 Å². The van der Waals surface area contributed by atoms with Gasteiger partial charge < -0.3 is 19.0 Å². The minimum absolute atomic E-state index is 0.0816. The lowest BCUT2D eigenvalue weighted by Gasteiger charge is -2.09. The van der Waals surface area contributed by atoms with E-state index in [1.807, 2.05) is 11.4 Å². The SMILES string of the molecule is COc1cc(C=Nn2c(-c3ccco3)csc2=Nc2ccc(Cl)c(Cl)c2)cc(OC)c1O. The zero-order valence-corrected chi connectivity index (χ0v) is 19.3. The van der Waals surface area contributed by atoms with E-state index in [4.69, 9.17) is 37.1 Å². The van der Waals surface area contributed by atoms with Crippen molar-refractivity contribution < 1.29 is 19.0 Å². The van der Waals surface area contributed by atoms with Gasteiger partial charge in [-0.3, -0.25) is 0 Å². The minimum atomic E-state index is -0.0816. The molecular weight excluding hydrogens is 473 g/mol. The highest BCUT2D eigenvalue weighted by Crippen LogP contribution is 2.36. The molecule has 0 fully saturated rings. The van der Waals surface area contributed by atoms with Gasteiger partial charge in [0.15, 0.2) is 17.3 Å². The van der Waals surface area contributed by atoms with Crippen LogP contribution >= 0.6 is 34.5 Å². The van der Waals surface area contributed by atoms with Crippen LogP contribution in [0.1, 0.15) is 5.56 Å². The highest BCUT2D eigenvalue weighted by molar-refractivity contribution is 7.07. The molecule has 4 rings (SSSR count). The Morgan fingerprint density at radius 1 is 1.06 bits per heavy atom. The number of phenolic OH excluding ortho intramolecular Hbond substituents is 1. The second-order valence-corrected chi connectivity index (χ2v) is 8.07. The summed E-state index contributed by atoms with van der Waals surface area (Å²) in [6.07, 6.45) is 3.20. The molecule has 2 heterocycles. The number of ether oxygens (including phenoxy) is 2. The molecule has 32 heavy (non-hydrogen) atoms. The molecule has 2 aromatic carbocycles. The second kappa shape index (κ2) is 9.52. The molecule has 10 heteroatoms. The van der Waals surface area contributed by atoms with Crippen LogP contribution in [-0.2, 0) is 0 Å². The number of aromatic hydroxyl groups is 1. The quantitative estimate of drug-likeness (QED) is 0.339. The predicted octanol–water partition coefficient (Wildman–Crippen LogP) is 5.95. The summed E-state index contributed by atoms with van der Waals surface area (Å²) >= 11 is 13.5. The molecule has 0 aliphatic heterocycles. The summed E-state index contributed by atoms with van der Waals surface area (Å²) < 4.78 is 17.6. The summed E-state index contributed by atoms with van der Waals surface area (Å²) in [5.41, 5.74) is 2.00. The number of aromatic nitrogens is 1. The molecule has 0 atom stereocenters. The van der Waals surface area contributed by atoms with E-state index in [2.05, 4.69) is 10.1 Å². The van der Waals surface area contributed by atoms with E-state index in [9.17, 15) is 5.11 Å². The predicted molar refractivity (Wildman–Crippen MR) is 126 cm³/mol. The number of methoxy groups -OCH3 is 2. The monoisotopic (exact) mass is 489 g/mol. The smallest absolute Gasteiger partial charge is 0.211 e. The van der Waals surface area contributed by atoms with E-state index in [-0.39, 0.29) is 17.2 Å². The van der Waals surface area contributed by atoms with Gasteiger partial charge >= 0.3 is 0 Å². The van der Waals surface area contributed by atoms with Crippen LogP contribution in [0.15, 0.2) is 68.6 Å². The van der Waals surface area contributed by atoms with E-state index in [0.717, 1.165) is 0 Å². The number of nitrogens with zero attached hydrogens (tertiary/aromatic N) is 3. The molecule has 0 saturated carbocycles. The number of thiazole rings is 1. The van der Waals surface area contributed by atoms with Crippen molar-refractivity contribution in [2.75, 3.05) is 14.2 Å². The lowest BCUT2D eigenvalue weighted by molar-refractivity contribution is 0.340. The summed E-state index contributed by atoms with van der Waals surface area (Å²) in [6, 6.07) is 12.1. The largest absolute Gasteiger partial charge is 0.502 e. The van der Waals surface area contributed by atoms with Crippen LogP contribution in [0.3, 0.4) is 0 Å². The number of benzene rings is 2. The zero-order valence-electron chi connectivity index (χ0n) is 17.0. The number of phenols is 1. The van der Waals surface area contributed by atoms with Crippen molar-refractivity contribution in [2.45, 2.75) is 0 Å². The Hall–Kier alpha value is -3.20. The number of hydrogen-bond donors (Lipinski definition) is 1. The number of hydrogen-bond acceptors (Lipinski definition) is 7. The molecule has 0 amide bonds. The Morgan fingerprint density at radius 3 is 2.44 bits per heavy atom. The normalized spacial score (nSPS) is 11.9. The average Bonchev–Trinajstić information content (AvgIpc) is 3.45. The van der Waals surface area contributed by atoms with Gasteiger partial charge in [-0.05, 0) is 42.5 Å². The van der Waals surface area contributed by atoms with Crippen LogP contribution in [-0.4, -0.2) is 30.2 Å². The van der Waals surface area contributed by atoms with Gasteiger partial charge in [0.05, 0.1) is 42.4 Å². The van der Waals surface area contributed by atoms with E-state index >= 15 is 0 Å². The number of halogens is 2. The molecule has 7 nitrogen and oxygen atoms in total. The Bertz CT molecular complexity index is 1320. The fraction of sp³-hybridized carbons (Fsp3) is 0.0909. The zero-order chi connectivity index (χ0) is 22.7. The van der Waals surface area contributed by atoms with Crippen molar-refractivity contribution in [3.8, 4) is 28.7 Å². The number of rotatable bonds is 6. The molecule has 0 aliphatic rings. The van der Waals surface area contributed by atoms with Gasteiger partial charge in [-0.15, -0.1) is 11.3 Å². The Kier molecular flexibility index (Phi) is 6.55. The molecule has 1 N–H and O–H groups in total. The standard InChI is InChI=1S/C22H17Cl2N3O4S/c1-29-19-8-13(9-20(30-2)21(19)28)11-25-27-17(18-4-3-7-31-18)12-32-22(27)26-14-5-6-15(23)16(24)10-14/h3-12,28H,1-2H3. The van der Waals surface area contributed by atoms with E-state index in [1.54, 1.807) is 53.6 Å². The van der Waals surface area contributed by atoms with Crippen molar-refractivity contribution >= 4 is 46.4 Å². The summed E-state index contributed by atoms with van der Waals surface area (Å²) in [7, 11) is 2.93. The first kappa shape index (κ1) is 22.0. The third-order valence-electron chi connectivity index (χ3n) is 4.41. The van der Waals surface area contributed by atoms with Gasteiger partial charge in [0.1, 0.15) is 5.69 Å². The summed E-state index contributed by atoms with van der Waals surface area (Å²) in [4.78, 5) is 5.25. The topological polar surface area (TPSA) is 81.5 Å². The summed E-state index contributed by atoms with van der Waals surface area (Å²) in [6.45, 7) is 0. The highest BCUT2D eigenvalue weighted by Gasteiger charge is 2.12. The average molecular weight is 490 g/mol. The van der Waals surface area contributed by atoms with Crippen molar-refractivity contribution in [2.24, 2.45) is 10.1 Å². The van der Waals surface area contributed by atoms with E-state index < -0.39 is 0 Å².